The number of aromatic nitrogens is 4. The first-order valence-corrected chi connectivity index (χ1v) is 6.59. The van der Waals surface area contributed by atoms with Gasteiger partial charge in [-0.3, -0.25) is 4.79 Å². The minimum absolute atomic E-state index is 0.231. The van der Waals surface area contributed by atoms with Gasteiger partial charge in [-0.1, -0.05) is 0 Å². The van der Waals surface area contributed by atoms with E-state index in [4.69, 9.17) is 4.42 Å². The van der Waals surface area contributed by atoms with Crippen molar-refractivity contribution in [2.24, 2.45) is 0 Å². The van der Waals surface area contributed by atoms with E-state index in [1.165, 1.54) is 12.4 Å². The fourth-order valence-electron chi connectivity index (χ4n) is 1.99. The smallest absolute Gasteiger partial charge is 0.248 e. The van der Waals surface area contributed by atoms with Gasteiger partial charge in [-0.05, 0) is 59.3 Å². The summed E-state index contributed by atoms with van der Waals surface area (Å²) in [5, 5.41) is 13.8. The number of anilines is 1. The normalized spacial score (nSPS) is 11.0. The number of carbonyl (C=O) groups excluding carboxylic acids is 1. The van der Waals surface area contributed by atoms with Crippen molar-refractivity contribution in [3.8, 4) is 5.69 Å². The van der Waals surface area contributed by atoms with Gasteiger partial charge in [-0.15, -0.1) is 5.10 Å². The standard InChI is InChI=1S/C15H13N5O2/c1-11-9-12(4-6-14(11)20-10-16-18-19-20)17-15(21)7-5-13-3-2-8-22-13/h2-10H,1H3,(H,17,21)/b7-5+. The summed E-state index contributed by atoms with van der Waals surface area (Å²) in [6.45, 7) is 1.92. The van der Waals surface area contributed by atoms with E-state index in [1.807, 2.05) is 19.1 Å². The van der Waals surface area contributed by atoms with Crippen LogP contribution in [-0.4, -0.2) is 26.1 Å². The van der Waals surface area contributed by atoms with Gasteiger partial charge in [0.15, 0.2) is 0 Å². The van der Waals surface area contributed by atoms with Crippen LogP contribution < -0.4 is 5.32 Å². The Kier molecular flexibility index (Phi) is 3.78. The number of carbonyl (C=O) groups is 1. The molecule has 0 unspecified atom stereocenters. The molecule has 0 spiro atoms. The van der Waals surface area contributed by atoms with Gasteiger partial charge >= 0.3 is 0 Å². The summed E-state index contributed by atoms with van der Waals surface area (Å²) >= 11 is 0. The van der Waals surface area contributed by atoms with Crippen molar-refractivity contribution >= 4 is 17.7 Å². The van der Waals surface area contributed by atoms with E-state index in [2.05, 4.69) is 20.8 Å². The minimum Gasteiger partial charge on any atom is -0.465 e. The summed E-state index contributed by atoms with van der Waals surface area (Å²) in [5.41, 5.74) is 2.50. The van der Waals surface area contributed by atoms with E-state index in [9.17, 15) is 4.79 Å². The summed E-state index contributed by atoms with van der Waals surface area (Å²) < 4.78 is 6.69. The van der Waals surface area contributed by atoms with Gasteiger partial charge in [0.1, 0.15) is 12.1 Å². The maximum atomic E-state index is 11.9. The van der Waals surface area contributed by atoms with Crippen molar-refractivity contribution in [2.45, 2.75) is 6.92 Å². The monoisotopic (exact) mass is 295 g/mol. The second-order valence-corrected chi connectivity index (χ2v) is 4.59. The maximum absolute atomic E-state index is 11.9. The Balaban J connectivity index is 1.70. The highest BCUT2D eigenvalue weighted by Gasteiger charge is 2.05. The van der Waals surface area contributed by atoms with E-state index in [0.29, 0.717) is 11.4 Å². The summed E-state index contributed by atoms with van der Waals surface area (Å²) in [6.07, 6.45) is 6.10. The molecule has 1 amide bonds. The van der Waals surface area contributed by atoms with E-state index in [-0.39, 0.29) is 5.91 Å². The molecule has 1 aromatic carbocycles. The van der Waals surface area contributed by atoms with Crippen LogP contribution in [0, 0.1) is 6.92 Å². The summed E-state index contributed by atoms with van der Waals surface area (Å²) in [7, 11) is 0. The van der Waals surface area contributed by atoms with E-state index < -0.39 is 0 Å². The quantitative estimate of drug-likeness (QED) is 0.746. The van der Waals surface area contributed by atoms with Crippen molar-refractivity contribution < 1.29 is 9.21 Å². The Morgan fingerprint density at radius 3 is 2.95 bits per heavy atom. The summed E-state index contributed by atoms with van der Waals surface area (Å²) in [4.78, 5) is 11.9. The first-order chi connectivity index (χ1) is 10.7. The molecule has 0 aliphatic carbocycles. The number of tetrazole rings is 1. The molecule has 3 rings (SSSR count). The van der Waals surface area contributed by atoms with E-state index >= 15 is 0 Å². The molecule has 0 saturated carbocycles. The number of hydrogen-bond acceptors (Lipinski definition) is 5. The Hall–Kier alpha value is -3.22. The van der Waals surface area contributed by atoms with Crippen LogP contribution in [-0.2, 0) is 4.79 Å². The third kappa shape index (κ3) is 3.09. The lowest BCUT2D eigenvalue weighted by atomic mass is 10.2. The highest BCUT2D eigenvalue weighted by molar-refractivity contribution is 6.01. The predicted molar refractivity (Wildman–Crippen MR) is 80.3 cm³/mol. The van der Waals surface area contributed by atoms with Crippen LogP contribution in [0.3, 0.4) is 0 Å². The second kappa shape index (κ2) is 6.04. The molecule has 7 nitrogen and oxygen atoms in total. The van der Waals surface area contributed by atoms with Gasteiger partial charge in [0.25, 0.3) is 0 Å². The number of furan rings is 1. The van der Waals surface area contributed by atoms with Gasteiger partial charge < -0.3 is 9.73 Å². The fourth-order valence-corrected chi connectivity index (χ4v) is 1.99. The van der Waals surface area contributed by atoms with E-state index in [1.54, 1.807) is 35.2 Å². The van der Waals surface area contributed by atoms with Crippen molar-refractivity contribution in [1.82, 2.24) is 20.2 Å². The van der Waals surface area contributed by atoms with Crippen LogP contribution in [0.2, 0.25) is 0 Å². The molecule has 0 fully saturated rings. The second-order valence-electron chi connectivity index (χ2n) is 4.59. The van der Waals surface area contributed by atoms with Crippen LogP contribution in [0.1, 0.15) is 11.3 Å². The molecule has 1 N–H and O–H groups in total. The number of benzene rings is 1. The van der Waals surface area contributed by atoms with E-state index in [0.717, 1.165) is 11.3 Å². The van der Waals surface area contributed by atoms with Gasteiger partial charge in [0, 0.05) is 11.8 Å². The molecule has 2 heterocycles. The SMILES string of the molecule is Cc1cc(NC(=O)/C=C/c2ccco2)ccc1-n1cnnn1. The Morgan fingerprint density at radius 2 is 2.27 bits per heavy atom. The molecule has 0 aliphatic rings. The van der Waals surface area contributed by atoms with Crippen LogP contribution in [0.15, 0.2) is 53.4 Å². The van der Waals surface area contributed by atoms with Gasteiger partial charge in [-0.2, -0.15) is 0 Å². The molecule has 0 saturated heterocycles. The molecule has 3 aromatic rings. The molecule has 0 radical (unpaired) electrons. The lowest BCUT2D eigenvalue weighted by molar-refractivity contribution is -0.111. The summed E-state index contributed by atoms with van der Waals surface area (Å²) in [6, 6.07) is 9.03. The zero-order chi connectivity index (χ0) is 15.4. The van der Waals surface area contributed by atoms with Crippen LogP contribution in [0.4, 0.5) is 5.69 Å². The predicted octanol–water partition coefficient (Wildman–Crippen LogP) is 2.22. The molecule has 2 aromatic heterocycles. The van der Waals surface area contributed by atoms with Crippen molar-refractivity contribution in [3.05, 3.63) is 60.3 Å². The van der Waals surface area contributed by atoms with Crippen LogP contribution in [0.5, 0.6) is 0 Å². The maximum Gasteiger partial charge on any atom is 0.248 e. The van der Waals surface area contributed by atoms with Crippen LogP contribution in [0.25, 0.3) is 11.8 Å². The summed E-state index contributed by atoms with van der Waals surface area (Å²) in [5.74, 6) is 0.395. The first-order valence-electron chi connectivity index (χ1n) is 6.59. The lowest BCUT2D eigenvalue weighted by Crippen LogP contribution is -2.08. The number of rotatable bonds is 4. The number of hydrogen-bond donors (Lipinski definition) is 1. The Labute approximate surface area is 126 Å². The molecule has 0 aliphatic heterocycles. The zero-order valence-electron chi connectivity index (χ0n) is 11.8. The number of aryl methyl sites for hydroxylation is 1. The molecular formula is C15H13N5O2. The minimum atomic E-state index is -0.231. The molecular weight excluding hydrogens is 282 g/mol. The highest BCUT2D eigenvalue weighted by Crippen LogP contribution is 2.17. The average Bonchev–Trinajstić information content (AvgIpc) is 3.19. The van der Waals surface area contributed by atoms with Gasteiger partial charge in [0.05, 0.1) is 12.0 Å². The zero-order valence-corrected chi connectivity index (χ0v) is 11.8. The average molecular weight is 295 g/mol. The molecule has 0 atom stereocenters. The molecule has 110 valence electrons. The fraction of sp³-hybridized carbons (Fsp3) is 0.0667. The number of amides is 1. The molecule has 22 heavy (non-hydrogen) atoms. The third-order valence-corrected chi connectivity index (χ3v) is 3.00. The Morgan fingerprint density at radius 1 is 1.36 bits per heavy atom. The highest BCUT2D eigenvalue weighted by atomic mass is 16.3. The lowest BCUT2D eigenvalue weighted by Gasteiger charge is -2.07. The van der Waals surface area contributed by atoms with Crippen molar-refractivity contribution in [2.75, 3.05) is 5.32 Å². The number of nitrogens with one attached hydrogen (secondary N) is 1. The van der Waals surface area contributed by atoms with Gasteiger partial charge in [-0.25, -0.2) is 4.68 Å². The number of nitrogens with zero attached hydrogens (tertiary/aromatic N) is 4. The van der Waals surface area contributed by atoms with Crippen molar-refractivity contribution in [1.29, 1.82) is 0 Å². The molecule has 7 heteroatoms. The topological polar surface area (TPSA) is 85.8 Å². The Bertz CT molecular complexity index is 791. The molecule has 0 bridgehead atoms. The van der Waals surface area contributed by atoms with Crippen molar-refractivity contribution in [3.63, 3.8) is 0 Å². The first kappa shape index (κ1) is 13.7. The van der Waals surface area contributed by atoms with Gasteiger partial charge in [0.2, 0.25) is 5.91 Å². The third-order valence-electron chi connectivity index (χ3n) is 3.00. The largest absolute Gasteiger partial charge is 0.465 e. The van der Waals surface area contributed by atoms with Crippen LogP contribution >= 0.6 is 0 Å².